The summed E-state index contributed by atoms with van der Waals surface area (Å²) in [5.74, 6) is 1.13. The fourth-order valence-electron chi connectivity index (χ4n) is 3.72. The largest absolute Gasteiger partial charge is 0.497 e. The highest BCUT2D eigenvalue weighted by Crippen LogP contribution is 2.49. The van der Waals surface area contributed by atoms with Crippen LogP contribution in [0.3, 0.4) is 0 Å². The number of aryl methyl sites for hydroxylation is 1. The number of rotatable bonds is 7. The van der Waals surface area contributed by atoms with Gasteiger partial charge in [-0.2, -0.15) is 0 Å². The Balaban J connectivity index is 1.57. The number of sulfonamides is 1. The molecule has 1 amide bonds. The Hall–Kier alpha value is -3.23. The Morgan fingerprint density at radius 3 is 2.22 bits per heavy atom. The molecule has 4 rings (SSSR count). The van der Waals surface area contributed by atoms with E-state index in [0.717, 1.165) is 35.3 Å². The highest BCUT2D eigenvalue weighted by atomic mass is 32.2. The zero-order chi connectivity index (χ0) is 22.9. The normalized spacial score (nSPS) is 14.6. The van der Waals surface area contributed by atoms with Crippen LogP contribution in [0.1, 0.15) is 24.0 Å². The maximum absolute atomic E-state index is 13.1. The number of nitrogens with one attached hydrogen (secondary N) is 2. The summed E-state index contributed by atoms with van der Waals surface area (Å²) in [5, 5.41) is 2.97. The van der Waals surface area contributed by atoms with E-state index in [1.54, 1.807) is 25.3 Å². The smallest absolute Gasteiger partial charge is 0.240 e. The van der Waals surface area contributed by atoms with Crippen molar-refractivity contribution in [3.05, 3.63) is 71.8 Å². The quantitative estimate of drug-likeness (QED) is 0.572. The van der Waals surface area contributed by atoms with Crippen LogP contribution in [0, 0.1) is 6.92 Å². The summed E-state index contributed by atoms with van der Waals surface area (Å²) in [6.07, 6.45) is 1.57. The Kier molecular flexibility index (Phi) is 5.75. The molecule has 32 heavy (non-hydrogen) atoms. The van der Waals surface area contributed by atoms with E-state index in [1.165, 1.54) is 19.2 Å². The lowest BCUT2D eigenvalue weighted by Crippen LogP contribution is -2.28. The molecule has 0 atom stereocenters. The van der Waals surface area contributed by atoms with Gasteiger partial charge in [-0.05, 0) is 68.3 Å². The van der Waals surface area contributed by atoms with Gasteiger partial charge in [-0.15, -0.1) is 0 Å². The number of benzene rings is 2. The molecule has 1 saturated carbocycles. The number of carbonyl (C=O) groups excluding carboxylic acids is 1. The first-order valence-electron chi connectivity index (χ1n) is 10.3. The third-order valence-corrected chi connectivity index (χ3v) is 7.30. The molecular formula is C24H25N3O4S. The van der Waals surface area contributed by atoms with Gasteiger partial charge in [-0.25, -0.2) is 18.1 Å². The molecule has 1 aliphatic carbocycles. The third-order valence-electron chi connectivity index (χ3n) is 5.87. The second kappa shape index (κ2) is 8.37. The summed E-state index contributed by atoms with van der Waals surface area (Å²) in [6, 6.07) is 17.8. The lowest BCUT2D eigenvalue weighted by molar-refractivity contribution is -0.118. The van der Waals surface area contributed by atoms with Crippen LogP contribution in [0.4, 0.5) is 5.82 Å². The van der Waals surface area contributed by atoms with Crippen molar-refractivity contribution in [3.63, 3.8) is 0 Å². The van der Waals surface area contributed by atoms with Crippen LogP contribution in [0.15, 0.2) is 65.6 Å². The molecule has 3 aromatic rings. The number of methoxy groups -OCH3 is 1. The fourth-order valence-corrected chi connectivity index (χ4v) is 4.45. The van der Waals surface area contributed by atoms with E-state index in [9.17, 15) is 13.2 Å². The van der Waals surface area contributed by atoms with E-state index in [1.807, 2.05) is 37.3 Å². The number of aromatic nitrogens is 1. The average molecular weight is 452 g/mol. The van der Waals surface area contributed by atoms with Gasteiger partial charge in [-0.1, -0.05) is 30.3 Å². The second-order valence-corrected chi connectivity index (χ2v) is 9.75. The van der Waals surface area contributed by atoms with Crippen molar-refractivity contribution in [1.29, 1.82) is 0 Å². The van der Waals surface area contributed by atoms with E-state index < -0.39 is 15.4 Å². The van der Waals surface area contributed by atoms with Crippen molar-refractivity contribution in [1.82, 2.24) is 9.71 Å². The molecule has 1 heterocycles. The van der Waals surface area contributed by atoms with Crippen molar-refractivity contribution in [2.45, 2.75) is 30.1 Å². The minimum absolute atomic E-state index is 0.0829. The third kappa shape index (κ3) is 4.11. The Bertz CT molecular complexity index is 1250. The van der Waals surface area contributed by atoms with Crippen LogP contribution in [-0.4, -0.2) is 33.5 Å². The summed E-state index contributed by atoms with van der Waals surface area (Å²) in [7, 11) is -0.519. The lowest BCUT2D eigenvalue weighted by Gasteiger charge is -2.17. The predicted octanol–water partition coefficient (Wildman–Crippen LogP) is 3.64. The van der Waals surface area contributed by atoms with Gasteiger partial charge < -0.3 is 10.1 Å². The summed E-state index contributed by atoms with van der Waals surface area (Å²) in [6.45, 7) is 1.92. The number of hydrogen-bond donors (Lipinski definition) is 2. The lowest BCUT2D eigenvalue weighted by atomic mass is 9.95. The van der Waals surface area contributed by atoms with E-state index >= 15 is 0 Å². The zero-order valence-electron chi connectivity index (χ0n) is 18.2. The van der Waals surface area contributed by atoms with E-state index in [4.69, 9.17) is 4.74 Å². The zero-order valence-corrected chi connectivity index (χ0v) is 19.0. The molecule has 0 saturated heterocycles. The molecular weight excluding hydrogens is 426 g/mol. The second-order valence-electron chi connectivity index (χ2n) is 7.86. The summed E-state index contributed by atoms with van der Waals surface area (Å²) in [5.41, 5.74) is 2.80. The van der Waals surface area contributed by atoms with Gasteiger partial charge in [0.15, 0.2) is 0 Å². The molecule has 8 heteroatoms. The van der Waals surface area contributed by atoms with Crippen LogP contribution in [0.2, 0.25) is 0 Å². The monoisotopic (exact) mass is 451 g/mol. The van der Waals surface area contributed by atoms with Gasteiger partial charge in [0.25, 0.3) is 0 Å². The molecule has 0 bridgehead atoms. The van der Waals surface area contributed by atoms with Crippen molar-refractivity contribution in [3.8, 4) is 17.0 Å². The highest BCUT2D eigenvalue weighted by Gasteiger charge is 2.51. The van der Waals surface area contributed by atoms with Gasteiger partial charge in [0.1, 0.15) is 11.6 Å². The average Bonchev–Trinajstić information content (AvgIpc) is 3.63. The van der Waals surface area contributed by atoms with Gasteiger partial charge in [0, 0.05) is 5.56 Å². The molecule has 1 fully saturated rings. The van der Waals surface area contributed by atoms with Gasteiger partial charge in [0.2, 0.25) is 15.9 Å². The van der Waals surface area contributed by atoms with Crippen molar-refractivity contribution in [2.24, 2.45) is 0 Å². The number of pyridine rings is 1. The first-order chi connectivity index (χ1) is 15.3. The molecule has 1 aromatic heterocycles. The molecule has 1 aliphatic rings. The molecule has 7 nitrogen and oxygen atoms in total. The highest BCUT2D eigenvalue weighted by molar-refractivity contribution is 7.89. The van der Waals surface area contributed by atoms with E-state index in [-0.39, 0.29) is 10.8 Å². The topological polar surface area (TPSA) is 97.4 Å². The molecule has 2 aromatic carbocycles. The maximum atomic E-state index is 13.1. The van der Waals surface area contributed by atoms with Crippen molar-refractivity contribution < 1.29 is 17.9 Å². The Labute approximate surface area is 187 Å². The number of anilines is 1. The van der Waals surface area contributed by atoms with Gasteiger partial charge in [0.05, 0.1) is 23.1 Å². The molecule has 0 unspecified atom stereocenters. The summed E-state index contributed by atoms with van der Waals surface area (Å²) < 4.78 is 31.4. The molecule has 0 radical (unpaired) electrons. The van der Waals surface area contributed by atoms with Crippen LogP contribution < -0.4 is 14.8 Å². The maximum Gasteiger partial charge on any atom is 0.240 e. The SMILES string of the molecule is CNS(=O)(=O)c1ccc(-c2nc(NC(=O)C3(c4ccc(OC)cc4)CC3)ccc2C)cc1. The molecule has 0 spiro atoms. The minimum atomic E-state index is -3.51. The first kappa shape index (κ1) is 22.0. The number of carbonyl (C=O) groups is 1. The standard InChI is InChI=1S/C24H25N3O4S/c1-16-4-13-21(26-22(16)17-5-11-20(12-6-17)32(29,30)25-2)27-23(28)24(14-15-24)18-7-9-19(31-3)10-8-18/h4-13,25H,14-15H2,1-3H3,(H,26,27,28). The number of ether oxygens (including phenoxy) is 1. The van der Waals surface area contributed by atoms with Crippen LogP contribution in [-0.2, 0) is 20.2 Å². The van der Waals surface area contributed by atoms with Crippen LogP contribution in [0.5, 0.6) is 5.75 Å². The van der Waals surface area contributed by atoms with Gasteiger partial charge >= 0.3 is 0 Å². The number of amides is 1. The van der Waals surface area contributed by atoms with Crippen LogP contribution >= 0.6 is 0 Å². The molecule has 166 valence electrons. The minimum Gasteiger partial charge on any atom is -0.497 e. The Morgan fingerprint density at radius 1 is 1.00 bits per heavy atom. The summed E-state index contributed by atoms with van der Waals surface area (Å²) in [4.78, 5) is 17.9. The predicted molar refractivity (Wildman–Crippen MR) is 123 cm³/mol. The van der Waals surface area contributed by atoms with E-state index in [2.05, 4.69) is 15.0 Å². The van der Waals surface area contributed by atoms with Crippen LogP contribution in [0.25, 0.3) is 11.3 Å². The van der Waals surface area contributed by atoms with E-state index in [0.29, 0.717) is 11.5 Å². The summed E-state index contributed by atoms with van der Waals surface area (Å²) >= 11 is 0. The Morgan fingerprint density at radius 2 is 1.66 bits per heavy atom. The molecule has 0 aliphatic heterocycles. The number of hydrogen-bond acceptors (Lipinski definition) is 5. The number of nitrogens with zero attached hydrogens (tertiary/aromatic N) is 1. The fraction of sp³-hybridized carbons (Fsp3) is 0.250. The van der Waals surface area contributed by atoms with Gasteiger partial charge in [-0.3, -0.25) is 4.79 Å². The molecule has 2 N–H and O–H groups in total. The van der Waals surface area contributed by atoms with Crippen molar-refractivity contribution >= 4 is 21.7 Å². The first-order valence-corrected chi connectivity index (χ1v) is 11.7. The van der Waals surface area contributed by atoms with Crippen molar-refractivity contribution in [2.75, 3.05) is 19.5 Å².